The molecule has 5 heteroatoms. The van der Waals surface area contributed by atoms with Gasteiger partial charge in [0.1, 0.15) is 6.61 Å². The number of amides is 1. The van der Waals surface area contributed by atoms with Gasteiger partial charge < -0.3 is 15.4 Å². The number of ether oxygens (including phenoxy) is 1. The highest BCUT2D eigenvalue weighted by Gasteiger charge is 2.36. The van der Waals surface area contributed by atoms with Crippen LogP contribution in [0.25, 0.3) is 0 Å². The Hall–Kier alpha value is -1.26. The zero-order chi connectivity index (χ0) is 15.3. The summed E-state index contributed by atoms with van der Waals surface area (Å²) in [6.07, 6.45) is 6.93. The van der Waals surface area contributed by atoms with Gasteiger partial charge in [-0.05, 0) is 62.6 Å². The molecule has 0 radical (unpaired) electrons. The van der Waals surface area contributed by atoms with E-state index in [1.807, 2.05) is 30.3 Å². The maximum absolute atomic E-state index is 11.9. The van der Waals surface area contributed by atoms with Crippen LogP contribution in [0.4, 0.5) is 4.79 Å². The van der Waals surface area contributed by atoms with Crippen LogP contribution in [0.1, 0.15) is 44.1 Å². The van der Waals surface area contributed by atoms with Gasteiger partial charge in [-0.25, -0.2) is 4.79 Å². The molecule has 1 heterocycles. The van der Waals surface area contributed by atoms with E-state index in [1.54, 1.807) is 0 Å². The number of piperidine rings is 1. The first-order valence-corrected chi connectivity index (χ1v) is 8.44. The van der Waals surface area contributed by atoms with E-state index >= 15 is 0 Å². The molecular formula is C18H27ClN2O2. The second-order valence-corrected chi connectivity index (χ2v) is 6.73. The third-order valence-electron chi connectivity index (χ3n) is 5.25. The van der Waals surface area contributed by atoms with E-state index in [1.165, 1.54) is 25.7 Å². The maximum atomic E-state index is 11.9. The second-order valence-electron chi connectivity index (χ2n) is 6.73. The summed E-state index contributed by atoms with van der Waals surface area (Å²) in [7, 11) is 0. The fourth-order valence-corrected chi connectivity index (χ4v) is 3.76. The van der Waals surface area contributed by atoms with E-state index in [-0.39, 0.29) is 24.5 Å². The number of hydrogen-bond donors (Lipinski definition) is 2. The third-order valence-corrected chi connectivity index (χ3v) is 5.25. The van der Waals surface area contributed by atoms with Gasteiger partial charge in [-0.2, -0.15) is 0 Å². The van der Waals surface area contributed by atoms with Crippen LogP contribution in [0.2, 0.25) is 0 Å². The van der Waals surface area contributed by atoms with Crippen molar-refractivity contribution in [2.75, 3.05) is 13.1 Å². The summed E-state index contributed by atoms with van der Waals surface area (Å²) in [5, 5.41) is 6.48. The van der Waals surface area contributed by atoms with Crippen molar-refractivity contribution < 1.29 is 9.53 Å². The van der Waals surface area contributed by atoms with Crippen LogP contribution in [0.3, 0.4) is 0 Å². The quantitative estimate of drug-likeness (QED) is 0.884. The summed E-state index contributed by atoms with van der Waals surface area (Å²) in [6, 6.07) is 10.1. The Morgan fingerprint density at radius 3 is 2.43 bits per heavy atom. The van der Waals surface area contributed by atoms with Gasteiger partial charge in [0.05, 0.1) is 0 Å². The lowest BCUT2D eigenvalue weighted by Gasteiger charge is -2.43. The molecular weight excluding hydrogens is 312 g/mol. The molecule has 3 rings (SSSR count). The van der Waals surface area contributed by atoms with E-state index in [2.05, 4.69) is 10.6 Å². The predicted molar refractivity (Wildman–Crippen MR) is 93.8 cm³/mol. The van der Waals surface area contributed by atoms with E-state index in [0.29, 0.717) is 12.0 Å². The second kappa shape index (κ2) is 8.55. The average molecular weight is 339 g/mol. The van der Waals surface area contributed by atoms with Crippen LogP contribution in [-0.4, -0.2) is 25.2 Å². The molecule has 1 spiro atoms. The summed E-state index contributed by atoms with van der Waals surface area (Å²) in [4.78, 5) is 11.9. The number of carbonyl (C=O) groups excluding carboxylic acids is 1. The van der Waals surface area contributed by atoms with Crippen LogP contribution in [0.15, 0.2) is 30.3 Å². The molecule has 0 unspecified atom stereocenters. The molecule has 0 bridgehead atoms. The lowest BCUT2D eigenvalue weighted by atomic mass is 9.67. The van der Waals surface area contributed by atoms with E-state index in [0.717, 1.165) is 31.5 Å². The zero-order valence-electron chi connectivity index (χ0n) is 13.6. The molecule has 1 aliphatic carbocycles. The summed E-state index contributed by atoms with van der Waals surface area (Å²) < 4.78 is 5.31. The average Bonchev–Trinajstić information content (AvgIpc) is 2.57. The molecule has 1 saturated heterocycles. The van der Waals surface area contributed by atoms with Gasteiger partial charge in [0.25, 0.3) is 0 Å². The van der Waals surface area contributed by atoms with Gasteiger partial charge in [0.2, 0.25) is 0 Å². The SMILES string of the molecule is Cl.O=C(NC1CCC2(CCNCC2)CC1)OCc1ccccc1. The number of rotatable bonds is 3. The van der Waals surface area contributed by atoms with Crippen molar-refractivity contribution in [3.8, 4) is 0 Å². The van der Waals surface area contributed by atoms with Gasteiger partial charge in [-0.15, -0.1) is 12.4 Å². The highest BCUT2D eigenvalue weighted by Crippen LogP contribution is 2.43. The lowest BCUT2D eigenvalue weighted by molar-refractivity contribution is 0.102. The van der Waals surface area contributed by atoms with Gasteiger partial charge in [0.15, 0.2) is 0 Å². The molecule has 128 valence electrons. The molecule has 0 atom stereocenters. The van der Waals surface area contributed by atoms with Crippen LogP contribution in [0, 0.1) is 5.41 Å². The monoisotopic (exact) mass is 338 g/mol. The first kappa shape index (κ1) is 18.1. The summed E-state index contributed by atoms with van der Waals surface area (Å²) in [5.74, 6) is 0. The van der Waals surface area contributed by atoms with Crippen molar-refractivity contribution in [1.29, 1.82) is 0 Å². The van der Waals surface area contributed by atoms with Gasteiger partial charge >= 0.3 is 6.09 Å². The first-order chi connectivity index (χ1) is 10.8. The van der Waals surface area contributed by atoms with Crippen molar-refractivity contribution in [2.45, 2.75) is 51.2 Å². The molecule has 0 aromatic heterocycles. The van der Waals surface area contributed by atoms with Gasteiger partial charge in [-0.1, -0.05) is 30.3 Å². The fraction of sp³-hybridized carbons (Fsp3) is 0.611. The van der Waals surface area contributed by atoms with E-state index in [9.17, 15) is 4.79 Å². The Kier molecular flexibility index (Phi) is 6.72. The largest absolute Gasteiger partial charge is 0.445 e. The molecule has 1 aliphatic heterocycles. The molecule has 2 fully saturated rings. The summed E-state index contributed by atoms with van der Waals surface area (Å²) in [5.41, 5.74) is 1.56. The first-order valence-electron chi connectivity index (χ1n) is 8.44. The molecule has 1 saturated carbocycles. The Balaban J connectivity index is 0.00000192. The van der Waals surface area contributed by atoms with Gasteiger partial charge in [0, 0.05) is 6.04 Å². The van der Waals surface area contributed by atoms with Gasteiger partial charge in [-0.3, -0.25) is 0 Å². The van der Waals surface area contributed by atoms with Crippen LogP contribution in [-0.2, 0) is 11.3 Å². The summed E-state index contributed by atoms with van der Waals surface area (Å²) >= 11 is 0. The Bertz CT molecular complexity index is 479. The molecule has 1 aromatic carbocycles. The maximum Gasteiger partial charge on any atom is 0.407 e. The minimum Gasteiger partial charge on any atom is -0.445 e. The number of benzene rings is 1. The van der Waals surface area contributed by atoms with Crippen LogP contribution >= 0.6 is 12.4 Å². The normalized spacial score (nSPS) is 20.5. The van der Waals surface area contributed by atoms with E-state index < -0.39 is 0 Å². The lowest BCUT2D eigenvalue weighted by Crippen LogP contribution is -2.44. The van der Waals surface area contributed by atoms with Crippen molar-refractivity contribution >= 4 is 18.5 Å². The Morgan fingerprint density at radius 1 is 1.13 bits per heavy atom. The smallest absolute Gasteiger partial charge is 0.407 e. The van der Waals surface area contributed by atoms with Crippen LogP contribution < -0.4 is 10.6 Å². The molecule has 2 aliphatic rings. The minimum absolute atomic E-state index is 0. The molecule has 23 heavy (non-hydrogen) atoms. The molecule has 4 nitrogen and oxygen atoms in total. The van der Waals surface area contributed by atoms with Crippen molar-refractivity contribution in [3.05, 3.63) is 35.9 Å². The topological polar surface area (TPSA) is 50.4 Å². The Labute approximate surface area is 144 Å². The standard InChI is InChI=1S/C18H26N2O2.ClH/c21-17(22-14-15-4-2-1-3-5-15)20-16-6-8-18(9-7-16)10-12-19-13-11-18;/h1-5,16,19H,6-14H2,(H,20,21);1H. The van der Waals surface area contributed by atoms with Crippen molar-refractivity contribution in [2.24, 2.45) is 5.41 Å². The third kappa shape index (κ3) is 5.11. The molecule has 1 aromatic rings. The van der Waals surface area contributed by atoms with E-state index in [4.69, 9.17) is 4.74 Å². The minimum atomic E-state index is -0.282. The van der Waals surface area contributed by atoms with Crippen molar-refractivity contribution in [3.63, 3.8) is 0 Å². The number of nitrogens with one attached hydrogen (secondary N) is 2. The predicted octanol–water partition coefficient (Wildman–Crippen LogP) is 3.65. The van der Waals surface area contributed by atoms with Crippen LogP contribution in [0.5, 0.6) is 0 Å². The zero-order valence-corrected chi connectivity index (χ0v) is 14.4. The molecule has 2 N–H and O–H groups in total. The number of hydrogen-bond acceptors (Lipinski definition) is 3. The summed E-state index contributed by atoms with van der Waals surface area (Å²) in [6.45, 7) is 2.64. The van der Waals surface area contributed by atoms with Crippen molar-refractivity contribution in [1.82, 2.24) is 10.6 Å². The highest BCUT2D eigenvalue weighted by atomic mass is 35.5. The molecule has 1 amide bonds. The number of alkyl carbamates (subject to hydrolysis) is 1. The fourth-order valence-electron chi connectivity index (χ4n) is 3.76. The Morgan fingerprint density at radius 2 is 1.78 bits per heavy atom. The number of carbonyl (C=O) groups is 1. The highest BCUT2D eigenvalue weighted by molar-refractivity contribution is 5.85. The number of halogens is 1.